The highest BCUT2D eigenvalue weighted by atomic mass is 79.9. The normalized spacial score (nSPS) is 17.6. The molecule has 92 valence electrons. The van der Waals surface area contributed by atoms with Gasteiger partial charge in [-0.2, -0.15) is 0 Å². The minimum atomic E-state index is -0.545. The molecule has 2 rings (SSSR count). The third kappa shape index (κ3) is 2.56. The second kappa shape index (κ2) is 5.09. The van der Waals surface area contributed by atoms with Crippen LogP contribution in [-0.4, -0.2) is 18.5 Å². The summed E-state index contributed by atoms with van der Waals surface area (Å²) in [5.41, 5.74) is 0.319. The van der Waals surface area contributed by atoms with Gasteiger partial charge in [0.05, 0.1) is 0 Å². The first-order chi connectivity index (χ1) is 8.07. The van der Waals surface area contributed by atoms with E-state index < -0.39 is 5.60 Å². The highest BCUT2D eigenvalue weighted by molar-refractivity contribution is 9.10. The van der Waals surface area contributed by atoms with E-state index in [1.807, 2.05) is 18.2 Å². The standard InChI is InChI=1S/C13H14BrClO2/c1-17-13(5-2-6-13)12(16)7-9-3-4-10(14)8-11(9)15/h3-4,8H,2,5-7H2,1H3. The fourth-order valence-corrected chi connectivity index (χ4v) is 2.83. The lowest BCUT2D eigenvalue weighted by molar-refractivity contribution is -0.151. The molecule has 4 heteroatoms. The van der Waals surface area contributed by atoms with Crippen LogP contribution in [0.15, 0.2) is 22.7 Å². The molecule has 0 radical (unpaired) electrons. The summed E-state index contributed by atoms with van der Waals surface area (Å²) in [4.78, 5) is 12.2. The van der Waals surface area contributed by atoms with Crippen molar-refractivity contribution in [3.8, 4) is 0 Å². The summed E-state index contributed by atoms with van der Waals surface area (Å²) in [7, 11) is 1.61. The van der Waals surface area contributed by atoms with Crippen molar-refractivity contribution in [2.24, 2.45) is 0 Å². The first-order valence-corrected chi connectivity index (χ1v) is 6.77. The van der Waals surface area contributed by atoms with Crippen LogP contribution in [0.4, 0.5) is 0 Å². The number of carbonyl (C=O) groups is 1. The van der Waals surface area contributed by atoms with Gasteiger partial charge in [-0.15, -0.1) is 0 Å². The molecular weight excluding hydrogens is 303 g/mol. The third-order valence-electron chi connectivity index (χ3n) is 3.43. The van der Waals surface area contributed by atoms with Gasteiger partial charge < -0.3 is 4.74 Å². The number of ether oxygens (including phenoxy) is 1. The Balaban J connectivity index is 2.13. The summed E-state index contributed by atoms with van der Waals surface area (Å²) in [5, 5.41) is 0.623. The molecule has 0 aromatic heterocycles. The molecule has 1 aromatic rings. The quantitative estimate of drug-likeness (QED) is 0.844. The first kappa shape index (κ1) is 13.1. The van der Waals surface area contributed by atoms with Crippen LogP contribution in [0.2, 0.25) is 5.02 Å². The Morgan fingerprint density at radius 2 is 2.24 bits per heavy atom. The number of halogens is 2. The van der Waals surface area contributed by atoms with Crippen molar-refractivity contribution in [1.29, 1.82) is 0 Å². The van der Waals surface area contributed by atoms with Gasteiger partial charge in [-0.25, -0.2) is 0 Å². The highest BCUT2D eigenvalue weighted by Crippen LogP contribution is 2.37. The number of ketones is 1. The Labute approximate surface area is 114 Å². The zero-order valence-electron chi connectivity index (χ0n) is 9.63. The molecule has 0 unspecified atom stereocenters. The van der Waals surface area contributed by atoms with Crippen LogP contribution < -0.4 is 0 Å². The zero-order chi connectivity index (χ0) is 12.5. The SMILES string of the molecule is COC1(C(=O)Cc2ccc(Br)cc2Cl)CCC1. The van der Waals surface area contributed by atoms with E-state index in [4.69, 9.17) is 16.3 Å². The molecule has 1 aliphatic carbocycles. The predicted octanol–water partition coefficient (Wildman–Crippen LogP) is 3.78. The summed E-state index contributed by atoms with van der Waals surface area (Å²) < 4.78 is 6.29. The maximum atomic E-state index is 12.2. The minimum Gasteiger partial charge on any atom is -0.370 e. The second-order valence-corrected chi connectivity index (χ2v) is 5.71. The number of hydrogen-bond acceptors (Lipinski definition) is 2. The molecular formula is C13H14BrClO2. The van der Waals surface area contributed by atoms with Crippen LogP contribution in [0, 0.1) is 0 Å². The lowest BCUT2D eigenvalue weighted by atomic mass is 9.75. The Hall–Kier alpha value is -0.380. The topological polar surface area (TPSA) is 26.3 Å². The van der Waals surface area contributed by atoms with Gasteiger partial charge in [0.1, 0.15) is 5.60 Å². The third-order valence-corrected chi connectivity index (χ3v) is 4.27. The fourth-order valence-electron chi connectivity index (χ4n) is 2.09. The summed E-state index contributed by atoms with van der Waals surface area (Å²) in [6.07, 6.45) is 3.07. The average molecular weight is 318 g/mol. The van der Waals surface area contributed by atoms with Crippen LogP contribution >= 0.6 is 27.5 Å². The van der Waals surface area contributed by atoms with E-state index >= 15 is 0 Å². The highest BCUT2D eigenvalue weighted by Gasteiger charge is 2.43. The van der Waals surface area contributed by atoms with Gasteiger partial charge in [-0.1, -0.05) is 33.6 Å². The van der Waals surface area contributed by atoms with Crippen molar-refractivity contribution in [3.05, 3.63) is 33.3 Å². The van der Waals surface area contributed by atoms with Crippen LogP contribution in [-0.2, 0) is 16.0 Å². The Kier molecular flexibility index (Phi) is 3.91. The number of benzene rings is 1. The maximum Gasteiger partial charge on any atom is 0.169 e. The van der Waals surface area contributed by atoms with E-state index in [9.17, 15) is 4.79 Å². The van der Waals surface area contributed by atoms with Gasteiger partial charge in [0.2, 0.25) is 0 Å². The summed E-state index contributed by atoms with van der Waals surface area (Å²) in [6, 6.07) is 5.59. The lowest BCUT2D eigenvalue weighted by Gasteiger charge is -2.38. The van der Waals surface area contributed by atoms with Crippen LogP contribution in [0.5, 0.6) is 0 Å². The molecule has 0 spiro atoms. The molecule has 2 nitrogen and oxygen atoms in total. The fraction of sp³-hybridized carbons (Fsp3) is 0.462. The van der Waals surface area contributed by atoms with E-state index in [1.165, 1.54) is 0 Å². The van der Waals surface area contributed by atoms with E-state index in [1.54, 1.807) is 7.11 Å². The van der Waals surface area contributed by atoms with E-state index in [-0.39, 0.29) is 5.78 Å². The molecule has 0 saturated heterocycles. The van der Waals surface area contributed by atoms with Gasteiger partial charge in [0.15, 0.2) is 5.78 Å². The summed E-state index contributed by atoms with van der Waals surface area (Å²) >= 11 is 9.45. The molecule has 1 fully saturated rings. The molecule has 0 amide bonds. The predicted molar refractivity (Wildman–Crippen MR) is 71.5 cm³/mol. The molecule has 1 aromatic carbocycles. The molecule has 0 bridgehead atoms. The number of hydrogen-bond donors (Lipinski definition) is 0. The van der Waals surface area contributed by atoms with Gasteiger partial charge in [0.25, 0.3) is 0 Å². The number of Topliss-reactive ketones (excluding diaryl/α,β-unsaturated/α-hetero) is 1. The van der Waals surface area contributed by atoms with Gasteiger partial charge >= 0.3 is 0 Å². The first-order valence-electron chi connectivity index (χ1n) is 5.60. The largest absolute Gasteiger partial charge is 0.370 e. The Morgan fingerprint density at radius 3 is 2.71 bits per heavy atom. The molecule has 17 heavy (non-hydrogen) atoms. The van der Waals surface area contributed by atoms with Crippen molar-refractivity contribution in [3.63, 3.8) is 0 Å². The second-order valence-electron chi connectivity index (χ2n) is 4.39. The smallest absolute Gasteiger partial charge is 0.169 e. The lowest BCUT2D eigenvalue weighted by Crippen LogP contribution is -2.47. The molecule has 0 heterocycles. The Bertz CT molecular complexity index is 436. The number of rotatable bonds is 4. The number of carbonyl (C=O) groups excluding carboxylic acids is 1. The van der Waals surface area contributed by atoms with Crippen molar-refractivity contribution in [2.45, 2.75) is 31.3 Å². The Morgan fingerprint density at radius 1 is 1.53 bits per heavy atom. The monoisotopic (exact) mass is 316 g/mol. The number of methoxy groups -OCH3 is 1. The average Bonchev–Trinajstić information content (AvgIpc) is 2.21. The molecule has 0 N–H and O–H groups in total. The van der Waals surface area contributed by atoms with E-state index in [2.05, 4.69) is 15.9 Å². The summed E-state index contributed by atoms with van der Waals surface area (Å²) in [6.45, 7) is 0. The van der Waals surface area contributed by atoms with Gasteiger partial charge in [-0.05, 0) is 37.0 Å². The van der Waals surface area contributed by atoms with Gasteiger partial charge in [-0.3, -0.25) is 4.79 Å². The van der Waals surface area contributed by atoms with Crippen molar-refractivity contribution in [2.75, 3.05) is 7.11 Å². The van der Waals surface area contributed by atoms with Gasteiger partial charge in [0, 0.05) is 23.0 Å². The van der Waals surface area contributed by atoms with Crippen molar-refractivity contribution in [1.82, 2.24) is 0 Å². The molecule has 0 atom stereocenters. The van der Waals surface area contributed by atoms with Crippen LogP contribution in [0.1, 0.15) is 24.8 Å². The zero-order valence-corrected chi connectivity index (χ0v) is 12.0. The molecule has 0 aliphatic heterocycles. The summed E-state index contributed by atoms with van der Waals surface area (Å²) in [5.74, 6) is 0.135. The minimum absolute atomic E-state index is 0.135. The van der Waals surface area contributed by atoms with Crippen molar-refractivity contribution >= 4 is 33.3 Å². The van der Waals surface area contributed by atoms with Crippen molar-refractivity contribution < 1.29 is 9.53 Å². The molecule has 1 saturated carbocycles. The van der Waals surface area contributed by atoms with E-state index in [0.29, 0.717) is 11.4 Å². The maximum absolute atomic E-state index is 12.2. The molecule has 1 aliphatic rings. The van der Waals surface area contributed by atoms with E-state index in [0.717, 1.165) is 29.3 Å². The van der Waals surface area contributed by atoms with Crippen LogP contribution in [0.25, 0.3) is 0 Å². The van der Waals surface area contributed by atoms with Crippen LogP contribution in [0.3, 0.4) is 0 Å².